The summed E-state index contributed by atoms with van der Waals surface area (Å²) in [5.74, 6) is -1.60. The van der Waals surface area contributed by atoms with Gasteiger partial charge in [-0.25, -0.2) is 0 Å². The van der Waals surface area contributed by atoms with Crippen LogP contribution in [0.5, 0.6) is 0 Å². The van der Waals surface area contributed by atoms with Crippen LogP contribution in [0, 0.1) is 0 Å². The van der Waals surface area contributed by atoms with Crippen LogP contribution in [0.3, 0.4) is 0 Å². The quantitative estimate of drug-likeness (QED) is 0.300. The Morgan fingerprint density at radius 3 is 1.68 bits per heavy atom. The highest BCUT2D eigenvalue weighted by Gasteiger charge is 2.06. The molecule has 0 bridgehead atoms. The van der Waals surface area contributed by atoms with Gasteiger partial charge in [-0.1, -0.05) is 39.0 Å². The van der Waals surface area contributed by atoms with E-state index in [9.17, 15) is 14.4 Å². The SMILES string of the molecule is CCCCCCCC(=O)OCOC(=O)CCCCCC(=O)O. The fourth-order valence-electron chi connectivity index (χ4n) is 1.90. The molecule has 0 heterocycles. The van der Waals surface area contributed by atoms with Crippen molar-refractivity contribution in [1.29, 1.82) is 0 Å². The highest BCUT2D eigenvalue weighted by molar-refractivity contribution is 5.71. The molecule has 6 nitrogen and oxygen atoms in total. The van der Waals surface area contributed by atoms with Crippen LogP contribution < -0.4 is 0 Å². The van der Waals surface area contributed by atoms with E-state index in [1.54, 1.807) is 0 Å². The molecule has 0 aromatic carbocycles. The average Bonchev–Trinajstić information content (AvgIpc) is 2.46. The molecule has 0 aliphatic carbocycles. The molecular formula is C16H28O6. The molecule has 128 valence electrons. The third kappa shape index (κ3) is 14.8. The maximum absolute atomic E-state index is 11.4. The van der Waals surface area contributed by atoms with E-state index in [0.717, 1.165) is 25.7 Å². The number of ether oxygens (including phenoxy) is 2. The molecule has 1 N–H and O–H groups in total. The van der Waals surface area contributed by atoms with Gasteiger partial charge in [0, 0.05) is 19.3 Å². The Balaban J connectivity index is 3.39. The van der Waals surface area contributed by atoms with Gasteiger partial charge in [0.2, 0.25) is 6.79 Å². The third-order valence-electron chi connectivity index (χ3n) is 3.20. The van der Waals surface area contributed by atoms with Crippen molar-refractivity contribution >= 4 is 17.9 Å². The molecule has 0 aliphatic heterocycles. The van der Waals surface area contributed by atoms with Crippen molar-refractivity contribution in [2.45, 2.75) is 77.6 Å². The molecule has 0 aromatic heterocycles. The van der Waals surface area contributed by atoms with E-state index < -0.39 is 11.9 Å². The van der Waals surface area contributed by atoms with Crippen LogP contribution in [0.4, 0.5) is 0 Å². The Morgan fingerprint density at radius 2 is 1.18 bits per heavy atom. The van der Waals surface area contributed by atoms with Crippen LogP contribution in [-0.4, -0.2) is 29.8 Å². The maximum atomic E-state index is 11.4. The lowest BCUT2D eigenvalue weighted by Gasteiger charge is -2.06. The van der Waals surface area contributed by atoms with Crippen molar-refractivity contribution in [3.05, 3.63) is 0 Å². The number of hydrogen-bond donors (Lipinski definition) is 1. The minimum absolute atomic E-state index is 0.116. The number of carbonyl (C=O) groups is 3. The minimum Gasteiger partial charge on any atom is -0.481 e. The zero-order valence-electron chi connectivity index (χ0n) is 13.5. The van der Waals surface area contributed by atoms with E-state index in [0.29, 0.717) is 25.7 Å². The van der Waals surface area contributed by atoms with E-state index in [1.165, 1.54) is 6.42 Å². The lowest BCUT2D eigenvalue weighted by Crippen LogP contribution is -2.12. The standard InChI is InChI=1S/C16H28O6/c1-2-3-4-5-8-11-15(19)21-13-22-16(20)12-9-6-7-10-14(17)18/h2-13H2,1H3,(H,17,18). The van der Waals surface area contributed by atoms with Crippen LogP contribution >= 0.6 is 0 Å². The summed E-state index contributed by atoms with van der Waals surface area (Å²) in [7, 11) is 0. The summed E-state index contributed by atoms with van der Waals surface area (Å²) >= 11 is 0. The fourth-order valence-corrected chi connectivity index (χ4v) is 1.90. The van der Waals surface area contributed by atoms with Crippen LogP contribution in [-0.2, 0) is 23.9 Å². The van der Waals surface area contributed by atoms with Crippen molar-refractivity contribution in [2.24, 2.45) is 0 Å². The summed E-state index contributed by atoms with van der Waals surface area (Å²) in [4.78, 5) is 33.0. The van der Waals surface area contributed by atoms with E-state index in [1.807, 2.05) is 0 Å². The Hall–Kier alpha value is -1.59. The maximum Gasteiger partial charge on any atom is 0.308 e. The van der Waals surface area contributed by atoms with Crippen molar-refractivity contribution in [2.75, 3.05) is 6.79 Å². The molecule has 0 rings (SSSR count). The molecule has 0 atom stereocenters. The van der Waals surface area contributed by atoms with Crippen LogP contribution in [0.1, 0.15) is 77.6 Å². The van der Waals surface area contributed by atoms with E-state index in [2.05, 4.69) is 6.92 Å². The van der Waals surface area contributed by atoms with E-state index in [4.69, 9.17) is 14.6 Å². The van der Waals surface area contributed by atoms with Gasteiger partial charge in [-0.15, -0.1) is 0 Å². The Kier molecular flexibility index (Phi) is 13.3. The fraction of sp³-hybridized carbons (Fsp3) is 0.812. The molecule has 0 saturated heterocycles. The molecule has 0 aromatic rings. The summed E-state index contributed by atoms with van der Waals surface area (Å²) in [6.45, 7) is 1.80. The molecule has 0 unspecified atom stereocenters. The molecule has 0 radical (unpaired) electrons. The molecule has 6 heteroatoms. The van der Waals surface area contributed by atoms with Gasteiger partial charge >= 0.3 is 17.9 Å². The Labute approximate surface area is 132 Å². The molecule has 22 heavy (non-hydrogen) atoms. The van der Waals surface area contributed by atoms with Crippen molar-refractivity contribution in [1.82, 2.24) is 0 Å². The summed E-state index contributed by atoms with van der Waals surface area (Å²) in [5.41, 5.74) is 0. The second-order valence-electron chi connectivity index (χ2n) is 5.27. The van der Waals surface area contributed by atoms with Gasteiger partial charge in [0.1, 0.15) is 0 Å². The summed E-state index contributed by atoms with van der Waals surface area (Å²) in [6.07, 6.45) is 7.77. The van der Waals surface area contributed by atoms with Gasteiger partial charge in [0.15, 0.2) is 0 Å². The monoisotopic (exact) mass is 316 g/mol. The topological polar surface area (TPSA) is 89.9 Å². The van der Waals surface area contributed by atoms with Gasteiger partial charge in [0.05, 0.1) is 0 Å². The number of carboxylic acids is 1. The van der Waals surface area contributed by atoms with Gasteiger partial charge < -0.3 is 14.6 Å². The first-order valence-electron chi connectivity index (χ1n) is 8.09. The molecular weight excluding hydrogens is 288 g/mol. The summed E-state index contributed by atoms with van der Waals surface area (Å²) < 4.78 is 9.61. The van der Waals surface area contributed by atoms with E-state index in [-0.39, 0.29) is 25.6 Å². The lowest BCUT2D eigenvalue weighted by molar-refractivity contribution is -0.167. The van der Waals surface area contributed by atoms with Crippen LogP contribution in [0.25, 0.3) is 0 Å². The van der Waals surface area contributed by atoms with Crippen LogP contribution in [0.15, 0.2) is 0 Å². The van der Waals surface area contributed by atoms with Crippen molar-refractivity contribution in [3.8, 4) is 0 Å². The zero-order valence-corrected chi connectivity index (χ0v) is 13.5. The van der Waals surface area contributed by atoms with Crippen molar-refractivity contribution in [3.63, 3.8) is 0 Å². The molecule has 0 spiro atoms. The predicted molar refractivity (Wildman–Crippen MR) is 81.1 cm³/mol. The normalized spacial score (nSPS) is 10.2. The van der Waals surface area contributed by atoms with E-state index >= 15 is 0 Å². The molecule has 0 aliphatic rings. The molecule has 0 saturated carbocycles. The molecule has 0 fully saturated rings. The number of unbranched alkanes of at least 4 members (excludes halogenated alkanes) is 6. The second kappa shape index (κ2) is 14.4. The number of aliphatic carboxylic acids is 1. The highest BCUT2D eigenvalue weighted by atomic mass is 16.7. The van der Waals surface area contributed by atoms with Gasteiger partial charge in [-0.2, -0.15) is 0 Å². The number of rotatable bonds is 14. The lowest BCUT2D eigenvalue weighted by atomic mass is 10.1. The Bertz CT molecular complexity index is 327. The summed E-state index contributed by atoms with van der Waals surface area (Å²) in [6, 6.07) is 0. The first-order valence-corrected chi connectivity index (χ1v) is 8.09. The van der Waals surface area contributed by atoms with Crippen LogP contribution in [0.2, 0.25) is 0 Å². The first kappa shape index (κ1) is 20.4. The number of hydrogen-bond acceptors (Lipinski definition) is 5. The zero-order chi connectivity index (χ0) is 16.6. The number of carboxylic acid groups (broad SMARTS) is 1. The van der Waals surface area contributed by atoms with Gasteiger partial charge in [-0.3, -0.25) is 14.4 Å². The second-order valence-corrected chi connectivity index (χ2v) is 5.27. The predicted octanol–water partition coefficient (Wildman–Crippen LogP) is 3.43. The number of carbonyl (C=O) groups excluding carboxylic acids is 2. The third-order valence-corrected chi connectivity index (χ3v) is 3.20. The highest BCUT2D eigenvalue weighted by Crippen LogP contribution is 2.06. The van der Waals surface area contributed by atoms with Crippen molar-refractivity contribution < 1.29 is 29.0 Å². The number of esters is 2. The minimum atomic E-state index is -0.829. The van der Waals surface area contributed by atoms with Gasteiger partial charge in [-0.05, 0) is 19.3 Å². The smallest absolute Gasteiger partial charge is 0.308 e. The van der Waals surface area contributed by atoms with Gasteiger partial charge in [0.25, 0.3) is 0 Å². The average molecular weight is 316 g/mol. The molecule has 0 amide bonds. The Morgan fingerprint density at radius 1 is 0.727 bits per heavy atom. The first-order chi connectivity index (χ1) is 10.6. The largest absolute Gasteiger partial charge is 0.481 e. The summed E-state index contributed by atoms with van der Waals surface area (Å²) in [5, 5.41) is 8.45.